The van der Waals surface area contributed by atoms with Gasteiger partial charge in [0.25, 0.3) is 0 Å². The highest BCUT2D eigenvalue weighted by molar-refractivity contribution is 5.00. The van der Waals surface area contributed by atoms with Gasteiger partial charge in [0.05, 0.1) is 0 Å². The molecule has 0 fully saturated rings. The number of unbranched alkanes of at least 4 members (excludes halogenated alkanes) is 13. The molecule has 0 rings (SSSR count). The summed E-state index contributed by atoms with van der Waals surface area (Å²) in [6.07, 6.45) is 23.2. The van der Waals surface area contributed by atoms with Gasteiger partial charge < -0.3 is 0 Å². The van der Waals surface area contributed by atoms with Gasteiger partial charge in [-0.3, -0.25) is 0 Å². The summed E-state index contributed by atoms with van der Waals surface area (Å²) in [5.41, 5.74) is 0. The van der Waals surface area contributed by atoms with Crippen molar-refractivity contribution in [2.24, 2.45) is 5.92 Å². The fraction of sp³-hybridized carbons (Fsp3) is 0.826. The third kappa shape index (κ3) is 19.5. The van der Waals surface area contributed by atoms with Crippen molar-refractivity contribution in [3.63, 3.8) is 0 Å². The van der Waals surface area contributed by atoms with Gasteiger partial charge in [0.15, 0.2) is 0 Å². The fourth-order valence-corrected chi connectivity index (χ4v) is 3.20. The van der Waals surface area contributed by atoms with Crippen LogP contribution in [0, 0.1) is 31.6 Å². The average Bonchev–Trinajstić information content (AvgIpc) is 2.56. The molecule has 1 unspecified atom stereocenters. The highest BCUT2D eigenvalue weighted by Crippen LogP contribution is 2.18. The van der Waals surface area contributed by atoms with Crippen LogP contribution in [0.3, 0.4) is 0 Å². The molecule has 0 bridgehead atoms. The van der Waals surface area contributed by atoms with E-state index in [1.54, 1.807) is 0 Å². The first kappa shape index (κ1) is 22.6. The lowest BCUT2D eigenvalue weighted by Crippen LogP contribution is -1.95. The van der Waals surface area contributed by atoms with Gasteiger partial charge in [-0.2, -0.15) is 0 Å². The minimum atomic E-state index is 0.934. The molecule has 0 amide bonds. The number of rotatable bonds is 17. The predicted molar refractivity (Wildman–Crippen MR) is 106 cm³/mol. The van der Waals surface area contributed by atoms with Crippen molar-refractivity contribution in [1.29, 1.82) is 0 Å². The van der Waals surface area contributed by atoms with E-state index in [4.69, 9.17) is 0 Å². The average molecular weight is 319 g/mol. The van der Waals surface area contributed by atoms with Gasteiger partial charge in [-0.05, 0) is 12.3 Å². The standard InChI is InChI=1S/C23H42/c1-4-6-8-10-12-14-16-18-20-22-23(3)21-19-17-15-13-11-9-7-5-2/h23H,1-2,4,6,8-22H2,3H3. The van der Waals surface area contributed by atoms with E-state index >= 15 is 0 Å². The molecule has 0 heterocycles. The summed E-state index contributed by atoms with van der Waals surface area (Å²) in [5, 5.41) is 0. The molecule has 1 atom stereocenters. The maximum absolute atomic E-state index is 3.90. The molecule has 0 aromatic heterocycles. The minimum Gasteiger partial charge on any atom is -0.103 e. The van der Waals surface area contributed by atoms with E-state index in [0.717, 1.165) is 18.8 Å². The zero-order valence-electron chi connectivity index (χ0n) is 16.0. The van der Waals surface area contributed by atoms with E-state index in [1.807, 2.05) is 0 Å². The molecule has 0 aromatic rings. The van der Waals surface area contributed by atoms with Crippen LogP contribution >= 0.6 is 0 Å². The first-order chi connectivity index (χ1) is 11.3. The fourth-order valence-electron chi connectivity index (χ4n) is 3.20. The van der Waals surface area contributed by atoms with Gasteiger partial charge in [-0.15, -0.1) is 11.8 Å². The molecule has 0 nitrogen and oxygen atoms in total. The van der Waals surface area contributed by atoms with Gasteiger partial charge in [0, 0.05) is 13.3 Å². The van der Waals surface area contributed by atoms with E-state index in [1.165, 1.54) is 96.3 Å². The lowest BCUT2D eigenvalue weighted by atomic mass is 9.96. The van der Waals surface area contributed by atoms with Crippen molar-refractivity contribution in [3.8, 4) is 11.8 Å². The Hall–Kier alpha value is -0.440. The molecular formula is C23H42. The summed E-state index contributed by atoms with van der Waals surface area (Å²) >= 11 is 0. The predicted octanol–water partition coefficient (Wildman–Crippen LogP) is 7.93. The molecule has 0 saturated carbocycles. The maximum Gasteiger partial charge on any atom is 0.0198 e. The molecule has 0 aliphatic rings. The Bertz CT molecular complexity index is 267. The van der Waals surface area contributed by atoms with Crippen LogP contribution in [-0.2, 0) is 0 Å². The van der Waals surface area contributed by atoms with Crippen molar-refractivity contribution < 1.29 is 0 Å². The van der Waals surface area contributed by atoms with Crippen molar-refractivity contribution in [1.82, 2.24) is 0 Å². The second kappa shape index (κ2) is 19.6. The first-order valence-corrected chi connectivity index (χ1v) is 10.4. The SMILES string of the molecule is [CH2]C#CCCCCCCCC(C)CCCCCCCCCC[CH2]. The highest BCUT2D eigenvalue weighted by Gasteiger charge is 2.02. The van der Waals surface area contributed by atoms with Gasteiger partial charge in [0.1, 0.15) is 0 Å². The van der Waals surface area contributed by atoms with Crippen molar-refractivity contribution >= 4 is 0 Å². The zero-order chi connectivity index (χ0) is 17.0. The van der Waals surface area contributed by atoms with Gasteiger partial charge >= 0.3 is 0 Å². The molecule has 2 radical (unpaired) electrons. The van der Waals surface area contributed by atoms with Crippen LogP contribution in [0.1, 0.15) is 116 Å². The molecule has 23 heavy (non-hydrogen) atoms. The first-order valence-electron chi connectivity index (χ1n) is 10.4. The quantitative estimate of drug-likeness (QED) is 0.189. The summed E-state index contributed by atoms with van der Waals surface area (Å²) in [7, 11) is 0. The molecule has 0 spiro atoms. The van der Waals surface area contributed by atoms with Crippen LogP contribution in [0.5, 0.6) is 0 Å². The summed E-state index contributed by atoms with van der Waals surface area (Å²) in [6, 6.07) is 0. The molecule has 0 aromatic carbocycles. The van der Waals surface area contributed by atoms with E-state index < -0.39 is 0 Å². The van der Waals surface area contributed by atoms with Crippen LogP contribution in [0.25, 0.3) is 0 Å². The summed E-state index contributed by atoms with van der Waals surface area (Å²) < 4.78 is 0. The van der Waals surface area contributed by atoms with Crippen LogP contribution < -0.4 is 0 Å². The molecule has 134 valence electrons. The topological polar surface area (TPSA) is 0 Å². The molecule has 0 aliphatic heterocycles. The smallest absolute Gasteiger partial charge is 0.0198 e. The van der Waals surface area contributed by atoms with E-state index in [9.17, 15) is 0 Å². The zero-order valence-corrected chi connectivity index (χ0v) is 16.0. The largest absolute Gasteiger partial charge is 0.103 e. The molecule has 0 aliphatic carbocycles. The van der Waals surface area contributed by atoms with Crippen molar-refractivity contribution in [2.45, 2.75) is 116 Å². The number of hydrogen-bond acceptors (Lipinski definition) is 0. The monoisotopic (exact) mass is 318 g/mol. The van der Waals surface area contributed by atoms with Crippen LogP contribution in [-0.4, -0.2) is 0 Å². The van der Waals surface area contributed by atoms with Crippen LogP contribution in [0.4, 0.5) is 0 Å². The molecular weight excluding hydrogens is 276 g/mol. The summed E-state index contributed by atoms with van der Waals surface area (Å²) in [6.45, 7) is 9.89. The lowest BCUT2D eigenvalue weighted by Gasteiger charge is -2.11. The Labute approximate surface area is 148 Å². The maximum atomic E-state index is 3.90. The van der Waals surface area contributed by atoms with Crippen LogP contribution in [0.15, 0.2) is 0 Å². The number of hydrogen-bond donors (Lipinski definition) is 0. The second-order valence-corrected chi connectivity index (χ2v) is 7.24. The Morgan fingerprint density at radius 3 is 1.57 bits per heavy atom. The van der Waals surface area contributed by atoms with Crippen molar-refractivity contribution in [2.75, 3.05) is 0 Å². The summed E-state index contributed by atoms with van der Waals surface area (Å²) in [4.78, 5) is 0. The minimum absolute atomic E-state index is 0.934. The summed E-state index contributed by atoms with van der Waals surface area (Å²) in [5.74, 6) is 6.70. The second-order valence-electron chi connectivity index (χ2n) is 7.24. The Morgan fingerprint density at radius 2 is 1.09 bits per heavy atom. The normalized spacial score (nSPS) is 12.0. The van der Waals surface area contributed by atoms with Crippen molar-refractivity contribution in [3.05, 3.63) is 13.8 Å². The Morgan fingerprint density at radius 1 is 0.652 bits per heavy atom. The van der Waals surface area contributed by atoms with Crippen LogP contribution in [0.2, 0.25) is 0 Å². The highest BCUT2D eigenvalue weighted by atomic mass is 14.1. The molecule has 0 N–H and O–H groups in total. The third-order valence-electron chi connectivity index (χ3n) is 4.82. The van der Waals surface area contributed by atoms with E-state index in [-0.39, 0.29) is 0 Å². The Kier molecular flexibility index (Phi) is 19.2. The third-order valence-corrected chi connectivity index (χ3v) is 4.82. The van der Waals surface area contributed by atoms with E-state index in [0.29, 0.717) is 0 Å². The van der Waals surface area contributed by atoms with Gasteiger partial charge in [0.2, 0.25) is 0 Å². The van der Waals surface area contributed by atoms with Gasteiger partial charge in [-0.1, -0.05) is 110 Å². The van der Waals surface area contributed by atoms with E-state index in [2.05, 4.69) is 32.6 Å². The lowest BCUT2D eigenvalue weighted by molar-refractivity contribution is 0.431. The molecule has 0 heteroatoms. The van der Waals surface area contributed by atoms with Gasteiger partial charge in [-0.25, -0.2) is 0 Å². The Balaban J connectivity index is 3.15. The molecule has 0 saturated heterocycles.